The lowest BCUT2D eigenvalue weighted by atomic mass is 9.94. The number of hydrogen-bond acceptors (Lipinski definition) is 4. The first-order valence-electron chi connectivity index (χ1n) is 16.9. The summed E-state index contributed by atoms with van der Waals surface area (Å²) in [6.45, 7) is 0. The van der Waals surface area contributed by atoms with Gasteiger partial charge in [0.1, 0.15) is 12.2 Å². The normalized spacial score (nSPS) is 25.0. The summed E-state index contributed by atoms with van der Waals surface area (Å²) in [6.07, 6.45) is 1.88. The zero-order valence-corrected chi connectivity index (χ0v) is 27.1. The van der Waals surface area contributed by atoms with Crippen LogP contribution in [0.25, 0.3) is 22.3 Å². The van der Waals surface area contributed by atoms with Crippen molar-refractivity contribution in [1.82, 2.24) is 15.3 Å². The van der Waals surface area contributed by atoms with Crippen LogP contribution in [-0.4, -0.2) is 44.1 Å². The fourth-order valence-corrected chi connectivity index (χ4v) is 7.41. The molecule has 0 saturated carbocycles. The highest BCUT2D eigenvalue weighted by molar-refractivity contribution is 6.27. The van der Waals surface area contributed by atoms with E-state index < -0.39 is 12.2 Å². The van der Waals surface area contributed by atoms with E-state index >= 15 is 0 Å². The molecule has 6 heteroatoms. The zero-order valence-electron chi connectivity index (χ0n) is 27.1. The summed E-state index contributed by atoms with van der Waals surface area (Å²) in [7, 11) is 0. The van der Waals surface area contributed by atoms with Crippen LogP contribution in [0.15, 0.2) is 174 Å². The Bertz CT molecular complexity index is 2470. The van der Waals surface area contributed by atoms with Crippen LogP contribution in [0.5, 0.6) is 0 Å². The van der Waals surface area contributed by atoms with Crippen LogP contribution >= 0.6 is 0 Å². The van der Waals surface area contributed by atoms with E-state index in [4.69, 9.17) is 4.99 Å². The second kappa shape index (κ2) is 12.3. The molecule has 6 aromatic rings. The van der Waals surface area contributed by atoms with Gasteiger partial charge in [0, 0.05) is 50.1 Å². The highest BCUT2D eigenvalue weighted by Crippen LogP contribution is 2.37. The van der Waals surface area contributed by atoms with Crippen molar-refractivity contribution < 1.29 is 10.2 Å². The van der Waals surface area contributed by atoms with Crippen molar-refractivity contribution in [1.29, 1.82) is 0 Å². The van der Waals surface area contributed by atoms with Gasteiger partial charge in [0.25, 0.3) is 0 Å². The molecule has 50 heavy (non-hydrogen) atoms. The topological polar surface area (TPSA) is 96.4 Å². The standard InChI is InChI=1S/C44H34N4O2/c49-43-41-39(29-17-9-3-10-18-29)35-25-23-33(46-35)37(27-13-5-1-6-14-27)31-21-22-32(45-31)38(28-15-7-2-8-16-28)34-24-26-36(47-34)40(42(48-41)44(43)50)30-19-11-4-12-20-30/h1-26,31,43-47,49-50H/b37-33-,38-32-,39-35-,42-40-/t31?,43-,44+/m0/s1. The molecular weight excluding hydrogens is 617 g/mol. The molecule has 3 atom stereocenters. The van der Waals surface area contributed by atoms with Crippen molar-refractivity contribution in [3.63, 3.8) is 0 Å². The van der Waals surface area contributed by atoms with E-state index in [1.807, 2.05) is 84.9 Å². The van der Waals surface area contributed by atoms with Crippen molar-refractivity contribution in [2.24, 2.45) is 4.99 Å². The number of hydrogen-bond donors (Lipinski definition) is 5. The number of aliphatic imine (C=N–C) groups is 1. The summed E-state index contributed by atoms with van der Waals surface area (Å²) < 4.78 is 0. The zero-order chi connectivity index (χ0) is 33.6. The van der Waals surface area contributed by atoms with Crippen LogP contribution in [0, 0.1) is 0 Å². The number of aliphatic hydroxyl groups excluding tert-OH is 2. The van der Waals surface area contributed by atoms with E-state index in [2.05, 4.69) is 88.1 Å². The molecule has 9 rings (SSSR count). The number of rotatable bonds is 4. The Morgan fingerprint density at radius 1 is 0.480 bits per heavy atom. The largest absolute Gasteiger partial charge is 0.384 e. The molecule has 2 aromatic heterocycles. The molecule has 4 aromatic carbocycles. The number of H-pyrrole nitrogens is 2. The summed E-state index contributed by atoms with van der Waals surface area (Å²) in [5, 5.41) is 29.3. The quantitative estimate of drug-likeness (QED) is 0.170. The second-order valence-electron chi connectivity index (χ2n) is 12.7. The first kappa shape index (κ1) is 29.9. The Labute approximate surface area is 289 Å². The molecule has 1 unspecified atom stereocenters. The lowest BCUT2D eigenvalue weighted by Crippen LogP contribution is -2.33. The number of aliphatic hydroxyl groups is 2. The number of aromatic nitrogens is 2. The molecule has 8 bridgehead atoms. The van der Waals surface area contributed by atoms with Crippen molar-refractivity contribution >= 4 is 28.0 Å². The van der Waals surface area contributed by atoms with Gasteiger partial charge in [0.2, 0.25) is 0 Å². The van der Waals surface area contributed by atoms with Gasteiger partial charge in [-0.15, -0.1) is 0 Å². The number of nitrogens with one attached hydrogen (secondary N) is 3. The van der Waals surface area contributed by atoms with Crippen LogP contribution in [0.2, 0.25) is 0 Å². The average molecular weight is 651 g/mol. The van der Waals surface area contributed by atoms with E-state index in [0.717, 1.165) is 72.3 Å². The smallest absolute Gasteiger partial charge is 0.128 e. The third-order valence-electron chi connectivity index (χ3n) is 9.70. The Balaban J connectivity index is 1.41. The monoisotopic (exact) mass is 650 g/mol. The fraction of sp³-hybridized carbons (Fsp3) is 0.0682. The third kappa shape index (κ3) is 5.10. The Morgan fingerprint density at radius 3 is 1.62 bits per heavy atom. The summed E-state index contributed by atoms with van der Waals surface area (Å²) >= 11 is 0. The van der Waals surface area contributed by atoms with Gasteiger partial charge in [-0.05, 0) is 52.6 Å². The molecule has 0 spiro atoms. The van der Waals surface area contributed by atoms with Gasteiger partial charge in [0.05, 0.1) is 17.5 Å². The SMILES string of the molecule is O[C@@H]1/C2=C(\c3ccccc3)c3ccc([nH]3)/C(c3ccccc3)=C3/C=CC(N3)/C(c3ccccc3)=c3/cc/c([nH]3)=C(\c3ccccc3)C(=N2)[C@@H]1O. The maximum atomic E-state index is 11.9. The Hall–Kier alpha value is -6.21. The fourth-order valence-electron chi connectivity index (χ4n) is 7.41. The van der Waals surface area contributed by atoms with Gasteiger partial charge in [-0.1, -0.05) is 127 Å². The minimum absolute atomic E-state index is 0.136. The molecule has 0 saturated heterocycles. The second-order valence-corrected chi connectivity index (χ2v) is 12.7. The molecule has 0 amide bonds. The van der Waals surface area contributed by atoms with E-state index in [-0.39, 0.29) is 6.04 Å². The van der Waals surface area contributed by atoms with Crippen molar-refractivity contribution in [2.45, 2.75) is 18.2 Å². The van der Waals surface area contributed by atoms with Crippen molar-refractivity contribution in [3.8, 4) is 0 Å². The van der Waals surface area contributed by atoms with E-state index in [1.54, 1.807) is 0 Å². The van der Waals surface area contributed by atoms with E-state index in [9.17, 15) is 10.2 Å². The number of nitrogens with zero attached hydrogens (tertiary/aromatic N) is 1. The number of aromatic amines is 2. The van der Waals surface area contributed by atoms with Gasteiger partial charge in [-0.2, -0.15) is 0 Å². The molecule has 0 fully saturated rings. The highest BCUT2D eigenvalue weighted by Gasteiger charge is 2.38. The summed E-state index contributed by atoms with van der Waals surface area (Å²) in [6, 6.07) is 48.8. The maximum absolute atomic E-state index is 11.9. The first-order valence-corrected chi connectivity index (χ1v) is 16.9. The lowest BCUT2D eigenvalue weighted by Gasteiger charge is -2.18. The number of allylic oxidation sites excluding steroid dienone is 1. The molecule has 5 N–H and O–H groups in total. The van der Waals surface area contributed by atoms with E-state index in [1.165, 1.54) is 0 Å². The van der Waals surface area contributed by atoms with Gasteiger partial charge in [0.15, 0.2) is 0 Å². The Morgan fingerprint density at radius 2 is 1.00 bits per heavy atom. The van der Waals surface area contributed by atoms with Crippen LogP contribution < -0.4 is 16.0 Å². The summed E-state index contributed by atoms with van der Waals surface area (Å²) in [5.41, 5.74) is 11.0. The lowest BCUT2D eigenvalue weighted by molar-refractivity contribution is 0.0939. The molecule has 3 aliphatic heterocycles. The van der Waals surface area contributed by atoms with Gasteiger partial charge < -0.3 is 25.5 Å². The third-order valence-corrected chi connectivity index (χ3v) is 9.70. The summed E-state index contributed by atoms with van der Waals surface area (Å²) in [5.74, 6) is 0. The van der Waals surface area contributed by atoms with Gasteiger partial charge >= 0.3 is 0 Å². The number of benzene rings is 4. The minimum Gasteiger partial charge on any atom is -0.384 e. The van der Waals surface area contributed by atoms with Crippen LogP contribution in [0.1, 0.15) is 33.6 Å². The summed E-state index contributed by atoms with van der Waals surface area (Å²) in [4.78, 5) is 12.6. The molecule has 6 nitrogen and oxygen atoms in total. The molecule has 242 valence electrons. The van der Waals surface area contributed by atoms with Gasteiger partial charge in [-0.3, -0.25) is 4.99 Å². The molecule has 5 heterocycles. The molecule has 0 aliphatic carbocycles. The minimum atomic E-state index is -1.25. The highest BCUT2D eigenvalue weighted by atomic mass is 16.3. The Kier molecular flexibility index (Phi) is 7.38. The first-order chi connectivity index (χ1) is 24.6. The van der Waals surface area contributed by atoms with E-state index in [0.29, 0.717) is 11.4 Å². The average Bonchev–Trinajstić information content (AvgIpc) is 3.99. The predicted molar refractivity (Wildman–Crippen MR) is 199 cm³/mol. The predicted octanol–water partition coefficient (Wildman–Crippen LogP) is 5.68. The molecule has 0 radical (unpaired) electrons. The van der Waals surface area contributed by atoms with Crippen molar-refractivity contribution in [3.05, 3.63) is 213 Å². The maximum Gasteiger partial charge on any atom is 0.128 e. The van der Waals surface area contributed by atoms with Crippen LogP contribution in [0.3, 0.4) is 0 Å². The molecular formula is C44H34N4O2. The van der Waals surface area contributed by atoms with Crippen LogP contribution in [-0.2, 0) is 0 Å². The van der Waals surface area contributed by atoms with Crippen LogP contribution in [0.4, 0.5) is 0 Å². The van der Waals surface area contributed by atoms with Crippen molar-refractivity contribution in [2.75, 3.05) is 0 Å². The molecule has 3 aliphatic rings. The number of fused-ring (bicyclic) bond motifs is 7. The van der Waals surface area contributed by atoms with Gasteiger partial charge in [-0.25, -0.2) is 0 Å².